The van der Waals surface area contributed by atoms with Gasteiger partial charge in [0.2, 0.25) is 0 Å². The number of methoxy groups -OCH3 is 1. The third-order valence-corrected chi connectivity index (χ3v) is 6.04. The van der Waals surface area contributed by atoms with Crippen LogP contribution < -0.4 is 9.47 Å². The first-order valence-corrected chi connectivity index (χ1v) is 11.0. The average Bonchev–Trinajstić information content (AvgIpc) is 2.82. The topological polar surface area (TPSA) is 18.5 Å². The van der Waals surface area contributed by atoms with Crippen molar-refractivity contribution in [2.24, 2.45) is 0 Å². The number of benzene rings is 5. The molecule has 5 aromatic carbocycles. The van der Waals surface area contributed by atoms with E-state index in [1.807, 2.05) is 24.3 Å². The molecule has 0 aliphatic heterocycles. The number of ether oxygens (including phenoxy) is 2. The second-order valence-electron chi connectivity index (χ2n) is 7.44. The van der Waals surface area contributed by atoms with Crippen molar-refractivity contribution in [2.75, 3.05) is 7.11 Å². The van der Waals surface area contributed by atoms with E-state index in [4.69, 9.17) is 9.47 Å². The van der Waals surface area contributed by atoms with E-state index in [9.17, 15) is 0 Å². The summed E-state index contributed by atoms with van der Waals surface area (Å²) in [4.78, 5) is 0. The lowest BCUT2D eigenvalue weighted by Crippen LogP contribution is -1.99. The molecule has 0 fully saturated rings. The summed E-state index contributed by atoms with van der Waals surface area (Å²) in [6.45, 7) is 0.500. The molecule has 0 amide bonds. The van der Waals surface area contributed by atoms with Crippen LogP contribution >= 0.6 is 15.9 Å². The van der Waals surface area contributed by atoms with Gasteiger partial charge in [-0.2, -0.15) is 0 Å². The Labute approximate surface area is 190 Å². The third-order valence-electron chi connectivity index (χ3n) is 5.54. The Bertz CT molecular complexity index is 1380. The normalized spacial score (nSPS) is 11.0. The first-order chi connectivity index (χ1) is 15.2. The Hall–Kier alpha value is -3.30. The minimum Gasteiger partial charge on any atom is -0.496 e. The van der Waals surface area contributed by atoms with E-state index in [-0.39, 0.29) is 0 Å². The summed E-state index contributed by atoms with van der Waals surface area (Å²) in [6, 6.07) is 33.3. The lowest BCUT2D eigenvalue weighted by Gasteiger charge is -2.19. The maximum atomic E-state index is 6.40. The van der Waals surface area contributed by atoms with Crippen LogP contribution in [0, 0.1) is 0 Å². The SMILES string of the molecule is COc1ccc2ccccc2c1-c1c(OCc2ccccc2)ccc2ccc(Br)cc12. The van der Waals surface area contributed by atoms with Crippen LogP contribution in [-0.2, 0) is 6.61 Å². The molecule has 31 heavy (non-hydrogen) atoms. The minimum atomic E-state index is 0.500. The fourth-order valence-corrected chi connectivity index (χ4v) is 4.43. The number of fused-ring (bicyclic) bond motifs is 2. The molecule has 0 aromatic heterocycles. The van der Waals surface area contributed by atoms with Gasteiger partial charge >= 0.3 is 0 Å². The van der Waals surface area contributed by atoms with Gasteiger partial charge in [-0.1, -0.05) is 88.7 Å². The smallest absolute Gasteiger partial charge is 0.128 e. The molecule has 3 heteroatoms. The molecule has 0 unspecified atom stereocenters. The van der Waals surface area contributed by atoms with Crippen LogP contribution in [0.25, 0.3) is 32.7 Å². The molecule has 152 valence electrons. The summed E-state index contributed by atoms with van der Waals surface area (Å²) >= 11 is 3.65. The zero-order valence-electron chi connectivity index (χ0n) is 17.1. The zero-order chi connectivity index (χ0) is 21.2. The highest BCUT2D eigenvalue weighted by molar-refractivity contribution is 9.10. The summed E-state index contributed by atoms with van der Waals surface area (Å²) in [5.74, 6) is 1.67. The minimum absolute atomic E-state index is 0.500. The summed E-state index contributed by atoms with van der Waals surface area (Å²) in [6.07, 6.45) is 0. The van der Waals surface area contributed by atoms with Crippen molar-refractivity contribution in [1.82, 2.24) is 0 Å². The largest absolute Gasteiger partial charge is 0.496 e. The van der Waals surface area contributed by atoms with E-state index in [1.54, 1.807) is 7.11 Å². The van der Waals surface area contributed by atoms with E-state index in [0.29, 0.717) is 6.61 Å². The predicted molar refractivity (Wildman–Crippen MR) is 132 cm³/mol. The second kappa shape index (κ2) is 8.44. The molecule has 0 atom stereocenters. The summed E-state index contributed by atoms with van der Waals surface area (Å²) in [5, 5.41) is 4.58. The van der Waals surface area contributed by atoms with Gasteiger partial charge in [0, 0.05) is 15.6 Å². The van der Waals surface area contributed by atoms with E-state index in [2.05, 4.69) is 88.7 Å². The highest BCUT2D eigenvalue weighted by atomic mass is 79.9. The van der Waals surface area contributed by atoms with Gasteiger partial charge in [0.25, 0.3) is 0 Å². The van der Waals surface area contributed by atoms with Gasteiger partial charge in [0.1, 0.15) is 18.1 Å². The standard InChI is InChI=1S/C28H21BrO2/c1-30-25-15-12-20-9-5-6-10-23(20)27(25)28-24-17-22(29)14-11-21(24)13-16-26(28)31-18-19-7-3-2-4-8-19/h2-17H,18H2,1H3. The molecule has 0 N–H and O–H groups in total. The Balaban J connectivity index is 1.79. The molecule has 0 aliphatic rings. The van der Waals surface area contributed by atoms with Crippen LogP contribution in [0.1, 0.15) is 5.56 Å². The number of hydrogen-bond acceptors (Lipinski definition) is 2. The van der Waals surface area contributed by atoms with Crippen molar-refractivity contribution >= 4 is 37.5 Å². The van der Waals surface area contributed by atoms with Crippen molar-refractivity contribution < 1.29 is 9.47 Å². The molecule has 5 aromatic rings. The summed E-state index contributed by atoms with van der Waals surface area (Å²) in [7, 11) is 1.72. The van der Waals surface area contributed by atoms with Gasteiger partial charge in [0.15, 0.2) is 0 Å². The highest BCUT2D eigenvalue weighted by Crippen LogP contribution is 2.46. The van der Waals surface area contributed by atoms with E-state index < -0.39 is 0 Å². The Kier molecular flexibility index (Phi) is 5.35. The fraction of sp³-hybridized carbons (Fsp3) is 0.0714. The van der Waals surface area contributed by atoms with Crippen LogP contribution in [0.3, 0.4) is 0 Å². The van der Waals surface area contributed by atoms with Crippen LogP contribution in [0.5, 0.6) is 11.5 Å². The van der Waals surface area contributed by atoms with Gasteiger partial charge in [-0.3, -0.25) is 0 Å². The van der Waals surface area contributed by atoms with E-state index >= 15 is 0 Å². The fourth-order valence-electron chi connectivity index (χ4n) is 4.06. The van der Waals surface area contributed by atoms with Crippen molar-refractivity contribution in [3.63, 3.8) is 0 Å². The molecular weight excluding hydrogens is 448 g/mol. The maximum absolute atomic E-state index is 6.40. The molecule has 0 saturated carbocycles. The lowest BCUT2D eigenvalue weighted by atomic mass is 9.92. The first-order valence-electron chi connectivity index (χ1n) is 10.2. The quantitative estimate of drug-likeness (QED) is 0.260. The maximum Gasteiger partial charge on any atom is 0.128 e. The molecule has 0 spiro atoms. The number of rotatable bonds is 5. The predicted octanol–water partition coefficient (Wildman–Crippen LogP) is 8.01. The highest BCUT2D eigenvalue weighted by Gasteiger charge is 2.19. The Morgan fingerprint density at radius 3 is 2.10 bits per heavy atom. The molecule has 0 radical (unpaired) electrons. The molecular formula is C28H21BrO2. The summed E-state index contributed by atoms with van der Waals surface area (Å²) < 4.78 is 13.3. The third kappa shape index (κ3) is 3.77. The molecule has 0 bridgehead atoms. The summed E-state index contributed by atoms with van der Waals surface area (Å²) in [5.41, 5.74) is 3.23. The van der Waals surface area contributed by atoms with E-state index in [1.165, 1.54) is 5.39 Å². The van der Waals surface area contributed by atoms with Crippen molar-refractivity contribution in [1.29, 1.82) is 0 Å². The number of hydrogen-bond donors (Lipinski definition) is 0. The molecule has 5 rings (SSSR count). The van der Waals surface area contributed by atoms with Crippen LogP contribution in [-0.4, -0.2) is 7.11 Å². The van der Waals surface area contributed by atoms with Crippen molar-refractivity contribution in [3.05, 3.63) is 107 Å². The van der Waals surface area contributed by atoms with Crippen LogP contribution in [0.15, 0.2) is 102 Å². The lowest BCUT2D eigenvalue weighted by molar-refractivity contribution is 0.308. The Morgan fingerprint density at radius 1 is 0.645 bits per heavy atom. The van der Waals surface area contributed by atoms with E-state index in [0.717, 1.165) is 48.8 Å². The van der Waals surface area contributed by atoms with Gasteiger partial charge in [-0.05, 0) is 51.4 Å². The number of halogens is 1. The van der Waals surface area contributed by atoms with Crippen molar-refractivity contribution in [2.45, 2.75) is 6.61 Å². The monoisotopic (exact) mass is 468 g/mol. The second-order valence-corrected chi connectivity index (χ2v) is 8.36. The first kappa shape index (κ1) is 19.7. The van der Waals surface area contributed by atoms with Gasteiger partial charge in [0.05, 0.1) is 7.11 Å². The van der Waals surface area contributed by atoms with Crippen LogP contribution in [0.2, 0.25) is 0 Å². The average molecular weight is 469 g/mol. The van der Waals surface area contributed by atoms with Crippen LogP contribution in [0.4, 0.5) is 0 Å². The molecule has 0 aliphatic carbocycles. The molecule has 2 nitrogen and oxygen atoms in total. The van der Waals surface area contributed by atoms with Gasteiger partial charge in [-0.15, -0.1) is 0 Å². The molecule has 0 heterocycles. The van der Waals surface area contributed by atoms with Gasteiger partial charge < -0.3 is 9.47 Å². The molecule has 0 saturated heterocycles. The van der Waals surface area contributed by atoms with Gasteiger partial charge in [-0.25, -0.2) is 0 Å². The zero-order valence-corrected chi connectivity index (χ0v) is 18.7. The van der Waals surface area contributed by atoms with Crippen molar-refractivity contribution in [3.8, 4) is 22.6 Å². The Morgan fingerprint density at radius 2 is 1.29 bits per heavy atom.